The Labute approximate surface area is 121 Å². The van der Waals surface area contributed by atoms with E-state index in [1.807, 2.05) is 19.2 Å². The van der Waals surface area contributed by atoms with Crippen LogP contribution in [0.3, 0.4) is 0 Å². The Bertz CT molecular complexity index is 557. The lowest BCUT2D eigenvalue weighted by molar-refractivity contribution is 0.318. The largest absolute Gasteiger partial charge is 0.494 e. The molecule has 20 heavy (non-hydrogen) atoms. The van der Waals surface area contributed by atoms with E-state index in [0.717, 1.165) is 43.1 Å². The van der Waals surface area contributed by atoms with Gasteiger partial charge in [-0.1, -0.05) is 20.8 Å². The van der Waals surface area contributed by atoms with Crippen LogP contribution >= 0.6 is 0 Å². The van der Waals surface area contributed by atoms with Crippen LogP contribution in [0, 0.1) is 5.92 Å². The molecule has 1 aromatic heterocycles. The summed E-state index contributed by atoms with van der Waals surface area (Å²) in [5.41, 5.74) is 2.26. The quantitative estimate of drug-likeness (QED) is 0.824. The molecule has 0 bridgehead atoms. The van der Waals surface area contributed by atoms with E-state index in [0.29, 0.717) is 5.92 Å². The zero-order valence-electron chi connectivity index (χ0n) is 13.0. The maximum atomic E-state index is 5.98. The van der Waals surface area contributed by atoms with Gasteiger partial charge in [0.15, 0.2) is 0 Å². The van der Waals surface area contributed by atoms with Gasteiger partial charge in [0, 0.05) is 10.9 Å². The topological polar surface area (TPSA) is 34.4 Å². The van der Waals surface area contributed by atoms with Crippen LogP contribution in [0.25, 0.3) is 11.0 Å². The Morgan fingerprint density at radius 1 is 1.30 bits per heavy atom. The van der Waals surface area contributed by atoms with Gasteiger partial charge in [-0.2, -0.15) is 0 Å². The summed E-state index contributed by atoms with van der Waals surface area (Å²) in [4.78, 5) is 0. The minimum Gasteiger partial charge on any atom is -0.494 e. The molecule has 0 atom stereocenters. The normalized spacial score (nSPS) is 11.4. The second kappa shape index (κ2) is 6.80. The van der Waals surface area contributed by atoms with Gasteiger partial charge >= 0.3 is 0 Å². The Hall–Kier alpha value is -1.48. The van der Waals surface area contributed by atoms with Gasteiger partial charge in [-0.05, 0) is 44.0 Å². The first-order chi connectivity index (χ1) is 9.65. The Morgan fingerprint density at radius 2 is 2.10 bits per heavy atom. The summed E-state index contributed by atoms with van der Waals surface area (Å²) in [6, 6.07) is 6.12. The van der Waals surface area contributed by atoms with Gasteiger partial charge in [0.25, 0.3) is 0 Å². The molecule has 3 heteroatoms. The molecule has 0 saturated carbocycles. The average Bonchev–Trinajstić information content (AvgIpc) is 2.74. The molecule has 0 aliphatic carbocycles. The van der Waals surface area contributed by atoms with E-state index < -0.39 is 0 Å². The fraction of sp³-hybridized carbons (Fsp3) is 0.529. The highest BCUT2D eigenvalue weighted by Gasteiger charge is 2.15. The van der Waals surface area contributed by atoms with E-state index in [1.54, 1.807) is 0 Å². The van der Waals surface area contributed by atoms with Gasteiger partial charge in [-0.3, -0.25) is 0 Å². The van der Waals surface area contributed by atoms with Gasteiger partial charge in [-0.15, -0.1) is 0 Å². The van der Waals surface area contributed by atoms with Crippen LogP contribution in [0.5, 0.6) is 5.75 Å². The summed E-state index contributed by atoms with van der Waals surface area (Å²) in [5.74, 6) is 2.58. The Balaban J connectivity index is 2.41. The maximum Gasteiger partial charge on any atom is 0.134 e. The monoisotopic (exact) mass is 275 g/mol. The molecule has 3 nitrogen and oxygen atoms in total. The van der Waals surface area contributed by atoms with E-state index in [9.17, 15) is 0 Å². The van der Waals surface area contributed by atoms with Crippen LogP contribution in [0.1, 0.15) is 38.5 Å². The molecule has 0 spiro atoms. The van der Waals surface area contributed by atoms with Crippen LogP contribution in [-0.2, 0) is 13.0 Å². The zero-order valence-corrected chi connectivity index (χ0v) is 13.0. The van der Waals surface area contributed by atoms with Crippen molar-refractivity contribution in [3.8, 4) is 5.75 Å². The van der Waals surface area contributed by atoms with Crippen molar-refractivity contribution in [2.45, 2.75) is 40.2 Å². The van der Waals surface area contributed by atoms with Crippen molar-refractivity contribution in [2.75, 3.05) is 13.7 Å². The van der Waals surface area contributed by atoms with Crippen LogP contribution in [0.2, 0.25) is 0 Å². The number of furan rings is 1. The van der Waals surface area contributed by atoms with Gasteiger partial charge in [0.2, 0.25) is 0 Å². The van der Waals surface area contributed by atoms with E-state index in [4.69, 9.17) is 9.15 Å². The number of hydrogen-bond acceptors (Lipinski definition) is 3. The third kappa shape index (κ3) is 3.34. The number of benzene rings is 1. The molecule has 0 fully saturated rings. The van der Waals surface area contributed by atoms with Crippen LogP contribution in [0.15, 0.2) is 22.6 Å². The molecule has 110 valence electrons. The summed E-state index contributed by atoms with van der Waals surface area (Å²) >= 11 is 0. The van der Waals surface area contributed by atoms with Crippen molar-refractivity contribution in [1.29, 1.82) is 0 Å². The zero-order chi connectivity index (χ0) is 14.5. The molecule has 1 aromatic carbocycles. The highest BCUT2D eigenvalue weighted by molar-refractivity contribution is 5.83. The summed E-state index contributed by atoms with van der Waals surface area (Å²) < 4.78 is 11.7. The van der Waals surface area contributed by atoms with Gasteiger partial charge in [-0.25, -0.2) is 0 Å². The maximum absolute atomic E-state index is 5.98. The number of fused-ring (bicyclic) bond motifs is 1. The van der Waals surface area contributed by atoms with Crippen LogP contribution < -0.4 is 10.1 Å². The summed E-state index contributed by atoms with van der Waals surface area (Å²) in [5, 5.41) is 4.37. The third-order valence-corrected chi connectivity index (χ3v) is 3.27. The standard InChI is InChI=1S/C17H25NO2/c1-5-8-19-13-6-7-16-15(10-13)14(9-12(2)3)17(20-16)11-18-4/h6-7,10,12,18H,5,8-9,11H2,1-4H3. The van der Waals surface area contributed by atoms with Gasteiger partial charge < -0.3 is 14.5 Å². The fourth-order valence-corrected chi connectivity index (χ4v) is 2.42. The van der Waals surface area contributed by atoms with Crippen LogP contribution in [0.4, 0.5) is 0 Å². The molecule has 2 aromatic rings. The smallest absolute Gasteiger partial charge is 0.134 e. The van der Waals surface area contributed by atoms with E-state index in [-0.39, 0.29) is 0 Å². The molecule has 0 aliphatic rings. The predicted molar refractivity (Wildman–Crippen MR) is 83.3 cm³/mol. The highest BCUT2D eigenvalue weighted by atomic mass is 16.5. The molecular formula is C17H25NO2. The van der Waals surface area contributed by atoms with Gasteiger partial charge in [0.1, 0.15) is 17.1 Å². The van der Waals surface area contributed by atoms with Crippen LogP contribution in [-0.4, -0.2) is 13.7 Å². The molecule has 0 saturated heterocycles. The first-order valence-electron chi connectivity index (χ1n) is 7.47. The van der Waals surface area contributed by atoms with E-state index >= 15 is 0 Å². The summed E-state index contributed by atoms with van der Waals surface area (Å²) in [7, 11) is 1.95. The minimum atomic E-state index is 0.603. The number of ether oxygens (including phenoxy) is 1. The molecule has 1 heterocycles. The van der Waals surface area contributed by atoms with Crippen molar-refractivity contribution in [1.82, 2.24) is 5.32 Å². The number of nitrogens with one attached hydrogen (secondary N) is 1. The minimum absolute atomic E-state index is 0.603. The van der Waals surface area contributed by atoms with Crippen molar-refractivity contribution in [3.05, 3.63) is 29.5 Å². The second-order valence-electron chi connectivity index (χ2n) is 5.64. The summed E-state index contributed by atoms with van der Waals surface area (Å²) in [6.07, 6.45) is 2.05. The molecule has 0 radical (unpaired) electrons. The molecule has 2 rings (SSSR count). The number of rotatable bonds is 7. The lowest BCUT2D eigenvalue weighted by atomic mass is 9.99. The first-order valence-corrected chi connectivity index (χ1v) is 7.47. The highest BCUT2D eigenvalue weighted by Crippen LogP contribution is 2.31. The van der Waals surface area contributed by atoms with E-state index in [1.165, 1.54) is 10.9 Å². The SMILES string of the molecule is CCCOc1ccc2oc(CNC)c(CC(C)C)c2c1. The predicted octanol–water partition coefficient (Wildman–Crippen LogP) is 4.14. The molecule has 0 unspecified atom stereocenters. The van der Waals surface area contributed by atoms with Crippen molar-refractivity contribution >= 4 is 11.0 Å². The molecule has 0 amide bonds. The average molecular weight is 275 g/mol. The van der Waals surface area contributed by atoms with E-state index in [2.05, 4.69) is 32.2 Å². The van der Waals surface area contributed by atoms with Crippen molar-refractivity contribution < 1.29 is 9.15 Å². The molecular weight excluding hydrogens is 250 g/mol. The van der Waals surface area contributed by atoms with Crippen molar-refractivity contribution in [2.24, 2.45) is 5.92 Å². The van der Waals surface area contributed by atoms with Crippen molar-refractivity contribution in [3.63, 3.8) is 0 Å². The molecule has 0 aliphatic heterocycles. The third-order valence-electron chi connectivity index (χ3n) is 3.27. The number of hydrogen-bond donors (Lipinski definition) is 1. The van der Waals surface area contributed by atoms with Gasteiger partial charge in [0.05, 0.1) is 13.2 Å². The Morgan fingerprint density at radius 3 is 2.75 bits per heavy atom. The first kappa shape index (κ1) is 14.9. The lowest BCUT2D eigenvalue weighted by Crippen LogP contribution is -2.07. The summed E-state index contributed by atoms with van der Waals surface area (Å²) in [6.45, 7) is 8.11. The lowest BCUT2D eigenvalue weighted by Gasteiger charge is -2.07. The fourth-order valence-electron chi connectivity index (χ4n) is 2.42. The Kier molecular flexibility index (Phi) is 5.07. The second-order valence-corrected chi connectivity index (χ2v) is 5.64. The molecule has 1 N–H and O–H groups in total.